The second-order valence-corrected chi connectivity index (χ2v) is 16.1. The Morgan fingerprint density at radius 2 is 0.820 bits per heavy atom. The number of fused-ring (bicyclic) bond motifs is 11. The Labute approximate surface area is 300 Å². The van der Waals surface area contributed by atoms with Gasteiger partial charge in [-0.05, 0) is 83.2 Å². The molecule has 50 heavy (non-hydrogen) atoms. The smallest absolute Gasteiger partial charge is 0.0476 e. The minimum absolute atomic E-state index is 1.14. The van der Waals surface area contributed by atoms with Crippen molar-refractivity contribution in [1.29, 1.82) is 0 Å². The molecule has 4 heteroatoms. The van der Waals surface area contributed by atoms with Crippen molar-refractivity contribution in [2.24, 2.45) is 0 Å². The summed E-state index contributed by atoms with van der Waals surface area (Å²) < 4.78 is 7.97. The molecular weight excluding hydrogens is 663 g/mol. The summed E-state index contributed by atoms with van der Waals surface area (Å²) in [5, 5.41) is 10.5. The summed E-state index contributed by atoms with van der Waals surface area (Å²) >= 11 is 5.63. The van der Waals surface area contributed by atoms with Crippen LogP contribution in [0, 0.1) is 0 Å². The molecule has 0 aliphatic heterocycles. The van der Waals surface area contributed by atoms with E-state index in [4.69, 9.17) is 0 Å². The fourth-order valence-electron chi connectivity index (χ4n) is 7.64. The zero-order valence-corrected chi connectivity index (χ0v) is 29.2. The second kappa shape index (κ2) is 11.0. The third-order valence-corrected chi connectivity index (χ3v) is 13.6. The number of benzene rings is 8. The molecule has 0 spiro atoms. The van der Waals surface area contributed by atoms with Gasteiger partial charge in [0.15, 0.2) is 0 Å². The topological polar surface area (TPSA) is 3.24 Å². The van der Waals surface area contributed by atoms with Crippen LogP contribution in [0.25, 0.3) is 82.4 Å². The van der Waals surface area contributed by atoms with Crippen molar-refractivity contribution in [1.82, 2.24) is 0 Å². The Morgan fingerprint density at radius 3 is 1.60 bits per heavy atom. The van der Waals surface area contributed by atoms with Crippen LogP contribution in [0.2, 0.25) is 0 Å². The first-order chi connectivity index (χ1) is 24.7. The van der Waals surface area contributed by atoms with Crippen molar-refractivity contribution < 1.29 is 0 Å². The molecule has 0 fully saturated rings. The normalized spacial score (nSPS) is 12.0. The molecule has 0 saturated heterocycles. The van der Waals surface area contributed by atoms with E-state index in [0.29, 0.717) is 0 Å². The minimum Gasteiger partial charge on any atom is -0.310 e. The van der Waals surface area contributed by atoms with Crippen molar-refractivity contribution in [3.8, 4) is 11.1 Å². The second-order valence-electron chi connectivity index (χ2n) is 12.9. The predicted octanol–water partition coefficient (Wildman–Crippen LogP) is 15.1. The monoisotopic (exact) mass is 689 g/mol. The lowest BCUT2D eigenvalue weighted by Crippen LogP contribution is -2.09. The molecule has 0 aliphatic rings. The summed E-state index contributed by atoms with van der Waals surface area (Å²) in [6, 6.07) is 60.7. The molecular formula is C46H27NS3. The van der Waals surface area contributed by atoms with Crippen molar-refractivity contribution in [2.45, 2.75) is 0 Å². The van der Waals surface area contributed by atoms with E-state index in [1.807, 2.05) is 34.0 Å². The Balaban J connectivity index is 1.06. The quantitative estimate of drug-likeness (QED) is 0.178. The number of rotatable bonds is 4. The molecule has 0 N–H and O–H groups in total. The first kappa shape index (κ1) is 28.3. The molecule has 0 saturated carbocycles. The molecule has 0 bridgehead atoms. The first-order valence-electron chi connectivity index (χ1n) is 16.8. The standard InChI is InChI=1S/C46H27NS3/c1-4-10-41-34(7-1)37-23-20-33(27-45(37)49-41)47(32-21-24-44-40(26-32)36-9-3-5-11-42(36)48-44)31-18-15-28(16-19-31)30-14-13-29-17-22-38-35-8-2-6-12-43(35)50-46(38)39(29)25-30/h1-27H. The van der Waals surface area contributed by atoms with Crippen LogP contribution in [-0.2, 0) is 0 Å². The molecule has 0 unspecified atom stereocenters. The summed E-state index contributed by atoms with van der Waals surface area (Å²) in [6.07, 6.45) is 0. The Bertz CT molecular complexity index is 3110. The summed E-state index contributed by atoms with van der Waals surface area (Å²) in [4.78, 5) is 2.42. The average Bonchev–Trinajstić information content (AvgIpc) is 3.86. The Morgan fingerprint density at radius 1 is 0.300 bits per heavy atom. The van der Waals surface area contributed by atoms with Crippen molar-refractivity contribution >= 4 is 122 Å². The van der Waals surface area contributed by atoms with E-state index in [0.717, 1.165) is 17.1 Å². The van der Waals surface area contributed by atoms with E-state index >= 15 is 0 Å². The van der Waals surface area contributed by atoms with Crippen LogP contribution in [0.1, 0.15) is 0 Å². The highest BCUT2D eigenvalue weighted by atomic mass is 32.1. The van der Waals surface area contributed by atoms with E-state index in [1.54, 1.807) is 0 Å². The summed E-state index contributed by atoms with van der Waals surface area (Å²) in [7, 11) is 0. The van der Waals surface area contributed by atoms with Gasteiger partial charge in [-0.2, -0.15) is 0 Å². The van der Waals surface area contributed by atoms with Crippen molar-refractivity contribution in [3.63, 3.8) is 0 Å². The molecule has 3 aromatic heterocycles. The highest BCUT2D eigenvalue weighted by Gasteiger charge is 2.17. The lowest BCUT2D eigenvalue weighted by atomic mass is 9.99. The lowest BCUT2D eigenvalue weighted by Gasteiger charge is -2.26. The van der Waals surface area contributed by atoms with E-state index in [-0.39, 0.29) is 0 Å². The van der Waals surface area contributed by atoms with Gasteiger partial charge in [-0.15, -0.1) is 34.0 Å². The van der Waals surface area contributed by atoms with Crippen LogP contribution < -0.4 is 4.90 Å². The van der Waals surface area contributed by atoms with Gasteiger partial charge in [0.2, 0.25) is 0 Å². The SMILES string of the molecule is c1ccc2c(c1)sc1cc(N(c3ccc(-c4ccc5ccc6c7ccccc7sc6c5c4)cc3)c3ccc4sc5ccccc5c4c3)ccc12. The van der Waals surface area contributed by atoms with E-state index in [1.165, 1.54) is 82.4 Å². The van der Waals surface area contributed by atoms with Crippen LogP contribution >= 0.6 is 34.0 Å². The minimum atomic E-state index is 1.14. The van der Waals surface area contributed by atoms with Crippen LogP contribution in [0.15, 0.2) is 164 Å². The largest absolute Gasteiger partial charge is 0.310 e. The summed E-state index contributed by atoms with van der Waals surface area (Å²) in [6.45, 7) is 0. The predicted molar refractivity (Wildman–Crippen MR) is 223 cm³/mol. The third kappa shape index (κ3) is 4.36. The molecule has 8 aromatic carbocycles. The van der Waals surface area contributed by atoms with Crippen LogP contribution in [0.5, 0.6) is 0 Å². The van der Waals surface area contributed by atoms with Gasteiger partial charge < -0.3 is 4.90 Å². The van der Waals surface area contributed by atoms with Gasteiger partial charge in [-0.25, -0.2) is 0 Å². The molecule has 11 rings (SSSR count). The van der Waals surface area contributed by atoms with Gasteiger partial charge in [0, 0.05) is 83.0 Å². The fraction of sp³-hybridized carbons (Fsp3) is 0. The Hall–Kier alpha value is -5.52. The molecule has 0 radical (unpaired) electrons. The summed E-state index contributed by atoms with van der Waals surface area (Å²) in [5.74, 6) is 0. The van der Waals surface area contributed by atoms with Gasteiger partial charge in [-0.1, -0.05) is 97.1 Å². The molecule has 0 atom stereocenters. The average molecular weight is 690 g/mol. The molecule has 1 nitrogen and oxygen atoms in total. The highest BCUT2D eigenvalue weighted by Crippen LogP contribution is 2.44. The van der Waals surface area contributed by atoms with E-state index in [9.17, 15) is 0 Å². The Kier molecular flexibility index (Phi) is 6.23. The lowest BCUT2D eigenvalue weighted by molar-refractivity contribution is 1.30. The van der Waals surface area contributed by atoms with Crippen molar-refractivity contribution in [2.75, 3.05) is 4.90 Å². The van der Waals surface area contributed by atoms with E-state index < -0.39 is 0 Å². The molecule has 0 amide bonds. The maximum atomic E-state index is 2.42. The van der Waals surface area contributed by atoms with Crippen LogP contribution in [0.4, 0.5) is 17.1 Å². The molecule has 234 valence electrons. The van der Waals surface area contributed by atoms with Gasteiger partial charge in [0.25, 0.3) is 0 Å². The van der Waals surface area contributed by atoms with Gasteiger partial charge in [0.1, 0.15) is 0 Å². The number of nitrogens with zero attached hydrogens (tertiary/aromatic N) is 1. The van der Waals surface area contributed by atoms with Crippen LogP contribution in [0.3, 0.4) is 0 Å². The summed E-state index contributed by atoms with van der Waals surface area (Å²) in [5.41, 5.74) is 5.91. The number of anilines is 3. The van der Waals surface area contributed by atoms with Gasteiger partial charge in [-0.3, -0.25) is 0 Å². The van der Waals surface area contributed by atoms with E-state index in [2.05, 4.69) is 169 Å². The molecule has 3 heterocycles. The maximum absolute atomic E-state index is 2.42. The van der Waals surface area contributed by atoms with Gasteiger partial charge in [0.05, 0.1) is 0 Å². The fourth-order valence-corrected chi connectivity index (χ4v) is 11.1. The van der Waals surface area contributed by atoms with Gasteiger partial charge >= 0.3 is 0 Å². The number of thiophene rings is 3. The zero-order chi connectivity index (χ0) is 32.8. The number of hydrogen-bond acceptors (Lipinski definition) is 4. The van der Waals surface area contributed by atoms with Crippen LogP contribution in [-0.4, -0.2) is 0 Å². The third-order valence-electron chi connectivity index (χ3n) is 10.1. The molecule has 11 aromatic rings. The molecule has 0 aliphatic carbocycles. The first-order valence-corrected chi connectivity index (χ1v) is 19.3. The highest BCUT2D eigenvalue weighted by molar-refractivity contribution is 7.27. The zero-order valence-electron chi connectivity index (χ0n) is 26.8. The van der Waals surface area contributed by atoms with Crippen molar-refractivity contribution in [3.05, 3.63) is 164 Å². The maximum Gasteiger partial charge on any atom is 0.0476 e. The number of hydrogen-bond donors (Lipinski definition) is 0.